The third kappa shape index (κ3) is 2.64. The largest absolute Gasteiger partial charge is 0.0841 e. The van der Waals surface area contributed by atoms with Gasteiger partial charge in [0.25, 0.3) is 0 Å². The topological polar surface area (TPSA) is 0 Å². The van der Waals surface area contributed by atoms with Crippen LogP contribution in [0.4, 0.5) is 0 Å². The monoisotopic (exact) mass is 456 g/mol. The molecule has 3 unspecified atom stereocenters. The molecule has 4 aliphatic rings. The summed E-state index contributed by atoms with van der Waals surface area (Å²) in [6, 6.07) is 18.7. The van der Waals surface area contributed by atoms with E-state index < -0.39 is 0 Å². The molecule has 0 spiro atoms. The summed E-state index contributed by atoms with van der Waals surface area (Å²) in [5, 5.41) is 0. The first-order valence-corrected chi connectivity index (χ1v) is 12.5. The molecule has 0 aliphatic heterocycles. The molecule has 0 N–H and O–H groups in total. The van der Waals surface area contributed by atoms with E-state index >= 15 is 0 Å². The highest BCUT2D eigenvalue weighted by Crippen LogP contribution is 2.65. The zero-order valence-corrected chi connectivity index (χ0v) is 19.1. The van der Waals surface area contributed by atoms with Crippen molar-refractivity contribution in [3.63, 3.8) is 0 Å². The van der Waals surface area contributed by atoms with Gasteiger partial charge in [-0.1, -0.05) is 81.7 Å². The minimum atomic E-state index is 0.0231. The number of halogens is 1. The Morgan fingerprint density at radius 1 is 0.900 bits per heavy atom. The molecule has 2 aromatic carbocycles. The smallest absolute Gasteiger partial charge is 0.0451 e. The van der Waals surface area contributed by atoms with Crippen molar-refractivity contribution >= 4 is 15.9 Å². The molecule has 0 fully saturated rings. The molecule has 152 valence electrons. The molecular formula is C29H29Br. The van der Waals surface area contributed by atoms with Crippen molar-refractivity contribution in [2.75, 3.05) is 0 Å². The first-order valence-electron chi connectivity index (χ1n) is 11.7. The van der Waals surface area contributed by atoms with Crippen LogP contribution in [-0.4, -0.2) is 0 Å². The fraction of sp³-hybridized carbons (Fsp3) is 0.379. The number of hydrogen-bond acceptors (Lipinski definition) is 0. The van der Waals surface area contributed by atoms with Crippen molar-refractivity contribution in [1.29, 1.82) is 0 Å². The maximum Gasteiger partial charge on any atom is 0.0451 e. The van der Waals surface area contributed by atoms with Gasteiger partial charge in [0.15, 0.2) is 0 Å². The predicted octanol–water partition coefficient (Wildman–Crippen LogP) is 8.39. The first kappa shape index (κ1) is 18.9. The van der Waals surface area contributed by atoms with Crippen molar-refractivity contribution < 1.29 is 0 Å². The van der Waals surface area contributed by atoms with Gasteiger partial charge in [-0.15, -0.1) is 0 Å². The predicted molar refractivity (Wildman–Crippen MR) is 129 cm³/mol. The lowest BCUT2D eigenvalue weighted by Gasteiger charge is -2.45. The quantitative estimate of drug-likeness (QED) is 0.397. The van der Waals surface area contributed by atoms with Gasteiger partial charge in [0.05, 0.1) is 0 Å². The van der Waals surface area contributed by atoms with E-state index in [-0.39, 0.29) is 5.41 Å². The summed E-state index contributed by atoms with van der Waals surface area (Å²) in [5.41, 5.74) is 9.75. The Hall–Kier alpha value is -1.86. The molecule has 30 heavy (non-hydrogen) atoms. The molecule has 0 aromatic heterocycles. The van der Waals surface area contributed by atoms with Crippen LogP contribution in [0.25, 0.3) is 0 Å². The second-order valence-electron chi connectivity index (χ2n) is 9.50. The van der Waals surface area contributed by atoms with E-state index in [0.717, 1.165) is 0 Å². The van der Waals surface area contributed by atoms with Gasteiger partial charge in [-0.05, 0) is 91.7 Å². The van der Waals surface area contributed by atoms with E-state index in [9.17, 15) is 0 Å². The van der Waals surface area contributed by atoms with Crippen molar-refractivity contribution in [3.8, 4) is 0 Å². The van der Waals surface area contributed by atoms with Gasteiger partial charge < -0.3 is 0 Å². The third-order valence-corrected chi connectivity index (χ3v) is 8.66. The van der Waals surface area contributed by atoms with E-state index in [4.69, 9.17) is 0 Å². The van der Waals surface area contributed by atoms with Gasteiger partial charge in [-0.25, -0.2) is 0 Å². The summed E-state index contributed by atoms with van der Waals surface area (Å²) in [6.07, 6.45) is 17.7. The van der Waals surface area contributed by atoms with E-state index in [1.807, 2.05) is 0 Å². The maximum absolute atomic E-state index is 3.84. The molecule has 6 rings (SSSR count). The SMILES string of the molecule is Brc1ccc2c(c1)C(C1=CCCCC1)(c1ccccc1)C1CCC3=C(C=CCC3)C21. The van der Waals surface area contributed by atoms with Crippen LogP contribution in [0.2, 0.25) is 0 Å². The molecule has 0 radical (unpaired) electrons. The first-order chi connectivity index (χ1) is 14.8. The molecule has 1 heteroatoms. The minimum Gasteiger partial charge on any atom is -0.0841 e. The minimum absolute atomic E-state index is 0.0231. The summed E-state index contributed by atoms with van der Waals surface area (Å²) in [5.74, 6) is 1.16. The van der Waals surface area contributed by atoms with Crippen molar-refractivity contribution in [2.45, 2.75) is 62.7 Å². The Morgan fingerprint density at radius 3 is 2.63 bits per heavy atom. The van der Waals surface area contributed by atoms with Crippen molar-refractivity contribution in [3.05, 3.63) is 105 Å². The highest BCUT2D eigenvalue weighted by molar-refractivity contribution is 9.10. The van der Waals surface area contributed by atoms with Crippen LogP contribution in [0.1, 0.15) is 74.0 Å². The molecule has 0 bridgehead atoms. The van der Waals surface area contributed by atoms with E-state index in [1.165, 1.54) is 61.4 Å². The standard InChI is InChI=1S/C29H29Br/c30-23-16-17-25-27(19-23)29(21-10-3-1-4-11-21,22-12-5-2-6-13-22)26-18-15-20-9-7-8-14-24(20)28(25)26/h1,3-4,8,10-12,14,16-17,19,26,28H,2,5-7,9,13,15,18H2. The second-order valence-corrected chi connectivity index (χ2v) is 10.4. The van der Waals surface area contributed by atoms with Gasteiger partial charge in [-0.2, -0.15) is 0 Å². The molecule has 2 aromatic rings. The molecular weight excluding hydrogens is 428 g/mol. The molecule has 0 amide bonds. The van der Waals surface area contributed by atoms with E-state index in [2.05, 4.69) is 82.7 Å². The average molecular weight is 457 g/mol. The lowest BCUT2D eigenvalue weighted by Crippen LogP contribution is -2.38. The van der Waals surface area contributed by atoms with Crippen LogP contribution in [0.15, 0.2) is 88.0 Å². The van der Waals surface area contributed by atoms with Crippen LogP contribution < -0.4 is 0 Å². The van der Waals surface area contributed by atoms with Gasteiger partial charge in [0.1, 0.15) is 0 Å². The highest BCUT2D eigenvalue weighted by Gasteiger charge is 2.56. The van der Waals surface area contributed by atoms with Crippen molar-refractivity contribution in [2.24, 2.45) is 5.92 Å². The zero-order chi connectivity index (χ0) is 20.1. The third-order valence-electron chi connectivity index (χ3n) is 8.17. The van der Waals surface area contributed by atoms with Crippen LogP contribution >= 0.6 is 15.9 Å². The van der Waals surface area contributed by atoms with Gasteiger partial charge in [0.2, 0.25) is 0 Å². The number of fused-ring (bicyclic) bond motifs is 4. The summed E-state index contributed by atoms with van der Waals surface area (Å²) in [6.45, 7) is 0. The Bertz CT molecular complexity index is 1070. The molecule has 0 nitrogen and oxygen atoms in total. The maximum atomic E-state index is 3.84. The van der Waals surface area contributed by atoms with Crippen LogP contribution in [0, 0.1) is 5.92 Å². The highest BCUT2D eigenvalue weighted by atomic mass is 79.9. The van der Waals surface area contributed by atoms with Gasteiger partial charge >= 0.3 is 0 Å². The van der Waals surface area contributed by atoms with Gasteiger partial charge in [-0.3, -0.25) is 0 Å². The molecule has 0 saturated heterocycles. The fourth-order valence-electron chi connectivity index (χ4n) is 7.09. The molecule has 0 saturated carbocycles. The summed E-state index contributed by atoms with van der Waals surface area (Å²) < 4.78 is 1.21. The van der Waals surface area contributed by atoms with Gasteiger partial charge in [0, 0.05) is 15.8 Å². The van der Waals surface area contributed by atoms with E-state index in [1.54, 1.807) is 27.8 Å². The van der Waals surface area contributed by atoms with Crippen LogP contribution in [-0.2, 0) is 5.41 Å². The number of hydrogen-bond donors (Lipinski definition) is 0. The lowest BCUT2D eigenvalue weighted by atomic mass is 9.58. The molecule has 0 heterocycles. The Labute approximate surface area is 188 Å². The fourth-order valence-corrected chi connectivity index (χ4v) is 7.45. The Kier molecular flexibility index (Phi) is 4.64. The number of benzene rings is 2. The summed E-state index contributed by atoms with van der Waals surface area (Å²) >= 11 is 3.84. The Balaban J connectivity index is 1.67. The normalized spacial score (nSPS) is 29.8. The lowest BCUT2D eigenvalue weighted by molar-refractivity contribution is 0.315. The number of rotatable bonds is 2. The summed E-state index contributed by atoms with van der Waals surface area (Å²) in [7, 11) is 0. The van der Waals surface area contributed by atoms with E-state index in [0.29, 0.717) is 11.8 Å². The van der Waals surface area contributed by atoms with Crippen LogP contribution in [0.3, 0.4) is 0 Å². The molecule has 4 aliphatic carbocycles. The summed E-state index contributed by atoms with van der Waals surface area (Å²) in [4.78, 5) is 0. The number of allylic oxidation sites excluding steroid dienone is 6. The zero-order valence-electron chi connectivity index (χ0n) is 17.5. The Morgan fingerprint density at radius 2 is 1.80 bits per heavy atom. The average Bonchev–Trinajstić information content (AvgIpc) is 3.11. The van der Waals surface area contributed by atoms with Crippen LogP contribution in [0.5, 0.6) is 0 Å². The second kappa shape index (κ2) is 7.38. The molecule has 3 atom stereocenters. The van der Waals surface area contributed by atoms with Crippen molar-refractivity contribution in [1.82, 2.24) is 0 Å².